The minimum Gasteiger partial charge on any atom is -0.370 e. The average Bonchev–Trinajstić information content (AvgIpc) is 4.11. The summed E-state index contributed by atoms with van der Waals surface area (Å²) in [5, 5.41) is 22.6. The first-order chi connectivity index (χ1) is 38.5. The number of amides is 9. The molecule has 0 radical (unpaired) electrons. The third kappa shape index (κ3) is 18.5. The first-order valence-electron chi connectivity index (χ1n) is 26.8. The van der Waals surface area contributed by atoms with Crippen molar-refractivity contribution in [1.82, 2.24) is 57.5 Å². The minimum atomic E-state index is -1.59. The lowest BCUT2D eigenvalue weighted by molar-refractivity contribution is -0.136. The molecule has 5 aromatic rings. The fraction of sp³-hybridized carbons (Fsp3) is 0.411. The number of unbranched alkanes of at least 4 members (excludes halogenated alkanes) is 1. The zero-order chi connectivity index (χ0) is 57.6. The molecule has 3 aromatic carbocycles. The number of aromatic nitrogens is 3. The molecule has 16 N–H and O–H groups in total. The Bertz CT molecular complexity index is 2960. The van der Waals surface area contributed by atoms with Crippen LogP contribution in [0.25, 0.3) is 22.0 Å². The Morgan fingerprint density at radius 1 is 0.725 bits per heavy atom. The second-order valence-electron chi connectivity index (χ2n) is 19.8. The number of primary amides is 1. The molecule has 2 aromatic heterocycles. The number of aliphatic imine (C=N–C) groups is 1. The van der Waals surface area contributed by atoms with Gasteiger partial charge in [0.15, 0.2) is 5.96 Å². The summed E-state index contributed by atoms with van der Waals surface area (Å²) in [6.07, 6.45) is 5.59. The van der Waals surface area contributed by atoms with Crippen LogP contribution in [0.15, 0.2) is 103 Å². The van der Waals surface area contributed by atoms with Crippen molar-refractivity contribution >= 4 is 70.0 Å². The lowest BCUT2D eigenvalue weighted by Gasteiger charge is -2.28. The Morgan fingerprint density at radius 2 is 1.39 bits per heavy atom. The standard InChI is InChI=1S/C56H73N15O9/c1-3-4-19-42(65-33(2)72)50(75)71-47-29-48(73)61-23-11-10-21-41(49(57)74)66-53(78)45(27-37-30-63-40-20-9-8-18-39(37)40)69-51(76)43(22-13-24-62-56(58)59)67-52(77)44(26-34-14-12-17-36(25-34)35-15-6-5-7-16-35)68-54(79)46(70-55(47)80)28-38-31-60-32-64-38/h5-9,12,14-18,20,25,30-32,41-47,63H,3-4,10-11,13,19,21-24,26-29H2,1-2H3,(H2,57,74)(H,60,64)(H,61,73)(H,65,72)(H,66,78)(H,67,77)(H,68,79)(H,69,76)(H,70,80)(H,71,75)(H4,58,59,62)/t41-,42-,43-,44+,45-,46-,47-/m0/s1. The van der Waals surface area contributed by atoms with Crippen LogP contribution in [-0.2, 0) is 62.4 Å². The van der Waals surface area contributed by atoms with Crippen LogP contribution < -0.4 is 59.7 Å². The Labute approximate surface area is 463 Å². The summed E-state index contributed by atoms with van der Waals surface area (Å²) in [6.45, 7) is 3.24. The molecular weight excluding hydrogens is 1030 g/mol. The smallest absolute Gasteiger partial charge is 0.243 e. The summed E-state index contributed by atoms with van der Waals surface area (Å²) in [6, 6.07) is 14.6. The number of aromatic amines is 2. The fourth-order valence-electron chi connectivity index (χ4n) is 9.29. The van der Waals surface area contributed by atoms with Crippen LogP contribution in [0.4, 0.5) is 0 Å². The number of carbonyl (C=O) groups excluding carboxylic acids is 9. The van der Waals surface area contributed by atoms with Crippen LogP contribution in [0, 0.1) is 0 Å². The molecule has 3 heterocycles. The minimum absolute atomic E-state index is 0.0337. The van der Waals surface area contributed by atoms with Gasteiger partial charge in [-0.1, -0.05) is 92.6 Å². The number of H-pyrrole nitrogens is 2. The summed E-state index contributed by atoms with van der Waals surface area (Å²) >= 11 is 0. The van der Waals surface area contributed by atoms with E-state index in [1.165, 1.54) is 19.4 Å². The summed E-state index contributed by atoms with van der Waals surface area (Å²) in [5.74, 6) is -7.16. The van der Waals surface area contributed by atoms with Gasteiger partial charge in [-0.25, -0.2) is 4.98 Å². The second kappa shape index (κ2) is 30.2. The maximum Gasteiger partial charge on any atom is 0.243 e. The van der Waals surface area contributed by atoms with Crippen molar-refractivity contribution < 1.29 is 43.2 Å². The highest BCUT2D eigenvalue weighted by Crippen LogP contribution is 2.22. The highest BCUT2D eigenvalue weighted by atomic mass is 16.2. The number of rotatable bonds is 18. The molecule has 0 saturated carbocycles. The van der Waals surface area contributed by atoms with Crippen LogP contribution in [-0.4, -0.2) is 129 Å². The number of para-hydroxylation sites is 1. The molecule has 24 nitrogen and oxygen atoms in total. The van der Waals surface area contributed by atoms with Gasteiger partial charge in [-0.2, -0.15) is 0 Å². The maximum atomic E-state index is 15.0. The molecular formula is C56H73N15O9. The quantitative estimate of drug-likeness (QED) is 0.0323. The molecule has 1 aliphatic heterocycles. The summed E-state index contributed by atoms with van der Waals surface area (Å²) in [5.41, 5.74) is 21.2. The van der Waals surface area contributed by atoms with Gasteiger partial charge >= 0.3 is 0 Å². The van der Waals surface area contributed by atoms with E-state index in [1.54, 1.807) is 18.3 Å². The lowest BCUT2D eigenvalue weighted by atomic mass is 9.98. The zero-order valence-electron chi connectivity index (χ0n) is 45.0. The van der Waals surface area contributed by atoms with Crippen LogP contribution in [0.5, 0.6) is 0 Å². The Morgan fingerprint density at radius 3 is 2.09 bits per heavy atom. The van der Waals surface area contributed by atoms with E-state index in [0.29, 0.717) is 29.7 Å². The monoisotopic (exact) mass is 1100 g/mol. The zero-order valence-corrected chi connectivity index (χ0v) is 45.0. The van der Waals surface area contributed by atoms with E-state index in [2.05, 4.69) is 62.5 Å². The maximum absolute atomic E-state index is 15.0. The molecule has 426 valence electrons. The number of hydrogen-bond donors (Lipinski definition) is 13. The van der Waals surface area contributed by atoms with Crippen molar-refractivity contribution in [2.45, 2.75) is 133 Å². The van der Waals surface area contributed by atoms with Crippen LogP contribution in [0.3, 0.4) is 0 Å². The highest BCUT2D eigenvalue weighted by molar-refractivity contribution is 5.99. The van der Waals surface area contributed by atoms with Gasteiger partial charge in [0.2, 0.25) is 53.2 Å². The summed E-state index contributed by atoms with van der Waals surface area (Å²) in [7, 11) is 0. The summed E-state index contributed by atoms with van der Waals surface area (Å²) < 4.78 is 0. The Kier molecular flexibility index (Phi) is 22.7. The third-order valence-corrected chi connectivity index (χ3v) is 13.5. The van der Waals surface area contributed by atoms with Crippen molar-refractivity contribution in [2.75, 3.05) is 13.1 Å². The molecule has 80 heavy (non-hydrogen) atoms. The topological polar surface area (TPSA) is 385 Å². The van der Waals surface area contributed by atoms with E-state index in [4.69, 9.17) is 17.2 Å². The first-order valence-corrected chi connectivity index (χ1v) is 26.8. The predicted molar refractivity (Wildman–Crippen MR) is 299 cm³/mol. The molecule has 0 unspecified atom stereocenters. The van der Waals surface area contributed by atoms with Gasteiger partial charge in [0.25, 0.3) is 0 Å². The molecule has 0 bridgehead atoms. The van der Waals surface area contributed by atoms with Gasteiger partial charge < -0.3 is 69.7 Å². The first kappa shape index (κ1) is 60.1. The van der Waals surface area contributed by atoms with E-state index in [9.17, 15) is 38.4 Å². The van der Waals surface area contributed by atoms with Gasteiger partial charge in [-0.05, 0) is 66.8 Å². The molecule has 1 saturated heterocycles. The van der Waals surface area contributed by atoms with E-state index in [0.717, 1.165) is 22.0 Å². The number of nitrogens with zero attached hydrogens (tertiary/aromatic N) is 2. The number of imidazole rings is 1. The van der Waals surface area contributed by atoms with Gasteiger partial charge in [-0.15, -0.1) is 0 Å². The predicted octanol–water partition coefficient (Wildman–Crippen LogP) is 0.419. The van der Waals surface area contributed by atoms with Crippen molar-refractivity contribution in [3.63, 3.8) is 0 Å². The number of fused-ring (bicyclic) bond motifs is 1. The van der Waals surface area contributed by atoms with Crippen LogP contribution >= 0.6 is 0 Å². The molecule has 0 aliphatic carbocycles. The van der Waals surface area contributed by atoms with Gasteiger partial charge in [0.05, 0.1) is 12.7 Å². The molecule has 6 rings (SSSR count). The number of nitrogens with two attached hydrogens (primary N) is 3. The van der Waals surface area contributed by atoms with Crippen molar-refractivity contribution in [3.05, 3.63) is 114 Å². The highest BCUT2D eigenvalue weighted by Gasteiger charge is 2.35. The normalized spacial score (nSPS) is 20.6. The Hall–Kier alpha value is -9.09. The van der Waals surface area contributed by atoms with E-state index < -0.39 is 102 Å². The molecule has 24 heteroatoms. The number of benzene rings is 3. The average molecular weight is 1100 g/mol. The van der Waals surface area contributed by atoms with Crippen molar-refractivity contribution in [3.8, 4) is 11.1 Å². The number of hydrogen-bond acceptors (Lipinski definition) is 11. The fourth-order valence-corrected chi connectivity index (χ4v) is 9.29. The lowest BCUT2D eigenvalue weighted by Crippen LogP contribution is -2.61. The largest absolute Gasteiger partial charge is 0.370 e. The number of carbonyl (C=O) groups is 9. The van der Waals surface area contributed by atoms with E-state index >= 15 is 4.79 Å². The van der Waals surface area contributed by atoms with E-state index in [-0.39, 0.29) is 76.8 Å². The Balaban J connectivity index is 1.42. The van der Waals surface area contributed by atoms with Gasteiger partial charge in [0.1, 0.15) is 42.3 Å². The molecule has 9 amide bonds. The molecule has 1 fully saturated rings. The van der Waals surface area contributed by atoms with Crippen LogP contribution in [0.2, 0.25) is 0 Å². The second-order valence-corrected chi connectivity index (χ2v) is 19.8. The molecule has 7 atom stereocenters. The van der Waals surface area contributed by atoms with Crippen LogP contribution in [0.1, 0.15) is 88.5 Å². The van der Waals surface area contributed by atoms with Crippen molar-refractivity contribution in [1.29, 1.82) is 0 Å². The SMILES string of the molecule is CCCC[C@H](NC(C)=O)C(=O)N[C@H]1CC(=O)NCCCC[C@@H](C(N)=O)NC(=O)[C@H](Cc2c[nH]c3ccccc23)NC(=O)[C@H](CCCN=C(N)N)NC(=O)[C@@H](Cc2cccc(-c3ccccc3)c2)NC(=O)[C@H](Cc2cnc[nH]2)NC1=O. The van der Waals surface area contributed by atoms with Crippen molar-refractivity contribution in [2.24, 2.45) is 22.2 Å². The number of nitrogens with one attached hydrogen (secondary N) is 10. The molecule has 0 spiro atoms. The number of guanidine groups is 1. The van der Waals surface area contributed by atoms with E-state index in [1.807, 2.05) is 73.7 Å². The van der Waals surface area contributed by atoms with Gasteiger partial charge in [-0.3, -0.25) is 48.1 Å². The molecule has 1 aliphatic rings. The summed E-state index contributed by atoms with van der Waals surface area (Å²) in [4.78, 5) is 141. The van der Waals surface area contributed by atoms with Gasteiger partial charge in [0, 0.05) is 68.3 Å². The third-order valence-electron chi connectivity index (χ3n) is 13.5.